The normalized spacial score (nSPS) is 11.8. The summed E-state index contributed by atoms with van der Waals surface area (Å²) in [5.41, 5.74) is 2.71. The summed E-state index contributed by atoms with van der Waals surface area (Å²) in [7, 11) is 0. The van der Waals surface area contributed by atoms with Crippen molar-refractivity contribution in [3.05, 3.63) is 78.4 Å². The molecular weight excluding hydrogens is 338 g/mol. The van der Waals surface area contributed by atoms with Crippen molar-refractivity contribution in [1.29, 1.82) is 0 Å². The fourth-order valence-electron chi connectivity index (χ4n) is 2.75. The van der Waals surface area contributed by atoms with E-state index in [4.69, 9.17) is 4.74 Å². The van der Waals surface area contributed by atoms with Crippen LogP contribution in [0.15, 0.2) is 67.3 Å². The maximum atomic E-state index is 12.5. The smallest absolute Gasteiger partial charge is 0.251 e. The van der Waals surface area contributed by atoms with Crippen molar-refractivity contribution >= 4 is 5.91 Å². The first-order chi connectivity index (χ1) is 13.2. The highest BCUT2D eigenvalue weighted by Gasteiger charge is 2.12. The molecule has 3 rings (SSSR count). The molecule has 0 fully saturated rings. The summed E-state index contributed by atoms with van der Waals surface area (Å²) in [6.45, 7) is 4.81. The third-order valence-corrected chi connectivity index (χ3v) is 4.43. The highest BCUT2D eigenvalue weighted by Crippen LogP contribution is 2.17. The van der Waals surface area contributed by atoms with Gasteiger partial charge in [0.25, 0.3) is 5.91 Å². The molecule has 0 unspecified atom stereocenters. The van der Waals surface area contributed by atoms with Gasteiger partial charge in [0.05, 0.1) is 19.0 Å². The zero-order chi connectivity index (χ0) is 19.1. The van der Waals surface area contributed by atoms with Crippen molar-refractivity contribution in [3.63, 3.8) is 0 Å². The van der Waals surface area contributed by atoms with Crippen LogP contribution in [0, 0.1) is 0 Å². The first-order valence-corrected chi connectivity index (χ1v) is 9.29. The second kappa shape index (κ2) is 9.03. The Kier molecular flexibility index (Phi) is 6.26. The molecule has 0 aliphatic heterocycles. The molecule has 5 nitrogen and oxygen atoms in total. The standard InChI is InChI=1S/C22H25N3O2/c1-3-4-15-27-21-11-7-19(8-12-21)22(26)24-17(2)18-5-9-20(10-6-18)25-14-13-23-16-25/h5-14,16-17H,3-4,15H2,1-2H3,(H,24,26)/t17-/m0/s1. The van der Waals surface area contributed by atoms with Crippen LogP contribution in [-0.4, -0.2) is 22.1 Å². The van der Waals surface area contributed by atoms with Crippen LogP contribution in [0.2, 0.25) is 0 Å². The number of nitrogens with zero attached hydrogens (tertiary/aromatic N) is 2. The van der Waals surface area contributed by atoms with Gasteiger partial charge >= 0.3 is 0 Å². The summed E-state index contributed by atoms with van der Waals surface area (Å²) in [4.78, 5) is 16.5. The molecule has 5 heteroatoms. The van der Waals surface area contributed by atoms with E-state index in [1.165, 1.54) is 0 Å². The minimum Gasteiger partial charge on any atom is -0.494 e. The Morgan fingerprint density at radius 2 is 1.89 bits per heavy atom. The minimum atomic E-state index is -0.0960. The van der Waals surface area contributed by atoms with E-state index < -0.39 is 0 Å². The van der Waals surface area contributed by atoms with Crippen molar-refractivity contribution in [3.8, 4) is 11.4 Å². The molecule has 3 aromatic rings. The van der Waals surface area contributed by atoms with Gasteiger partial charge in [-0.15, -0.1) is 0 Å². The van der Waals surface area contributed by atoms with Gasteiger partial charge in [0.1, 0.15) is 5.75 Å². The first kappa shape index (κ1) is 18.7. The van der Waals surface area contributed by atoms with E-state index in [1.807, 2.05) is 54.1 Å². The van der Waals surface area contributed by atoms with Crippen LogP contribution < -0.4 is 10.1 Å². The summed E-state index contributed by atoms with van der Waals surface area (Å²) in [6.07, 6.45) is 7.53. The highest BCUT2D eigenvalue weighted by atomic mass is 16.5. The number of amides is 1. The van der Waals surface area contributed by atoms with Gasteiger partial charge in [0, 0.05) is 23.6 Å². The molecule has 0 aliphatic carbocycles. The van der Waals surface area contributed by atoms with E-state index in [-0.39, 0.29) is 11.9 Å². The fraction of sp³-hybridized carbons (Fsp3) is 0.273. The number of benzene rings is 2. The van der Waals surface area contributed by atoms with Crippen LogP contribution in [-0.2, 0) is 0 Å². The van der Waals surface area contributed by atoms with Crippen LogP contribution in [0.3, 0.4) is 0 Å². The quantitative estimate of drug-likeness (QED) is 0.598. The minimum absolute atomic E-state index is 0.0881. The summed E-state index contributed by atoms with van der Waals surface area (Å²) in [6, 6.07) is 15.3. The Balaban J connectivity index is 1.58. The Hall–Kier alpha value is -3.08. The number of nitrogens with one attached hydrogen (secondary N) is 1. The van der Waals surface area contributed by atoms with E-state index in [2.05, 4.69) is 17.2 Å². The molecule has 0 saturated heterocycles. The largest absolute Gasteiger partial charge is 0.494 e. The lowest BCUT2D eigenvalue weighted by molar-refractivity contribution is 0.0940. The predicted molar refractivity (Wildman–Crippen MR) is 106 cm³/mol. The molecular formula is C22H25N3O2. The average molecular weight is 363 g/mol. The summed E-state index contributed by atoms with van der Waals surface area (Å²) < 4.78 is 7.58. The number of hydrogen-bond donors (Lipinski definition) is 1. The number of rotatable bonds is 8. The Bertz CT molecular complexity index is 840. The monoisotopic (exact) mass is 363 g/mol. The molecule has 0 spiro atoms. The van der Waals surface area contributed by atoms with Crippen LogP contribution in [0.4, 0.5) is 0 Å². The number of unbranched alkanes of at least 4 members (excludes halogenated alkanes) is 1. The molecule has 0 radical (unpaired) electrons. The topological polar surface area (TPSA) is 56.1 Å². The predicted octanol–water partition coefficient (Wildman–Crippen LogP) is 4.54. The first-order valence-electron chi connectivity index (χ1n) is 9.29. The maximum Gasteiger partial charge on any atom is 0.251 e. The molecule has 27 heavy (non-hydrogen) atoms. The number of carbonyl (C=O) groups excluding carboxylic acids is 1. The van der Waals surface area contributed by atoms with Crippen molar-refractivity contribution in [2.75, 3.05) is 6.61 Å². The summed E-state index contributed by atoms with van der Waals surface area (Å²) in [5.74, 6) is 0.699. The van der Waals surface area contributed by atoms with Gasteiger partial charge in [-0.2, -0.15) is 0 Å². The number of carbonyl (C=O) groups is 1. The fourth-order valence-corrected chi connectivity index (χ4v) is 2.75. The molecule has 1 N–H and O–H groups in total. The molecule has 2 aromatic carbocycles. The summed E-state index contributed by atoms with van der Waals surface area (Å²) >= 11 is 0. The van der Waals surface area contributed by atoms with E-state index in [0.29, 0.717) is 12.2 Å². The van der Waals surface area contributed by atoms with Crippen molar-refractivity contribution in [1.82, 2.24) is 14.9 Å². The average Bonchev–Trinajstić information content (AvgIpc) is 3.23. The zero-order valence-corrected chi connectivity index (χ0v) is 15.8. The van der Waals surface area contributed by atoms with Crippen LogP contribution in [0.5, 0.6) is 5.75 Å². The molecule has 1 amide bonds. The second-order valence-electron chi connectivity index (χ2n) is 6.48. The molecule has 1 heterocycles. The molecule has 0 bridgehead atoms. The van der Waals surface area contributed by atoms with Gasteiger partial charge in [0.15, 0.2) is 0 Å². The SMILES string of the molecule is CCCCOc1ccc(C(=O)N[C@@H](C)c2ccc(-n3ccnc3)cc2)cc1. The number of imidazole rings is 1. The van der Waals surface area contributed by atoms with Gasteiger partial charge in [-0.05, 0) is 55.3 Å². The number of hydrogen-bond acceptors (Lipinski definition) is 3. The molecule has 0 aliphatic rings. The third-order valence-electron chi connectivity index (χ3n) is 4.43. The molecule has 0 saturated carbocycles. The summed E-state index contributed by atoms with van der Waals surface area (Å²) in [5, 5.41) is 3.04. The van der Waals surface area contributed by atoms with E-state index >= 15 is 0 Å². The van der Waals surface area contributed by atoms with Crippen LogP contribution >= 0.6 is 0 Å². The lowest BCUT2D eigenvalue weighted by Gasteiger charge is -2.15. The van der Waals surface area contributed by atoms with Gasteiger partial charge in [-0.3, -0.25) is 4.79 Å². The Morgan fingerprint density at radius 3 is 2.52 bits per heavy atom. The van der Waals surface area contributed by atoms with Crippen molar-refractivity contribution < 1.29 is 9.53 Å². The number of aromatic nitrogens is 2. The molecule has 1 atom stereocenters. The molecule has 140 valence electrons. The number of ether oxygens (including phenoxy) is 1. The van der Waals surface area contributed by atoms with Crippen molar-refractivity contribution in [2.45, 2.75) is 32.7 Å². The van der Waals surface area contributed by atoms with E-state index in [1.54, 1.807) is 24.7 Å². The van der Waals surface area contributed by atoms with E-state index in [0.717, 1.165) is 29.8 Å². The van der Waals surface area contributed by atoms with Gasteiger partial charge in [-0.1, -0.05) is 25.5 Å². The lowest BCUT2D eigenvalue weighted by atomic mass is 10.1. The van der Waals surface area contributed by atoms with Crippen LogP contribution in [0.1, 0.15) is 48.7 Å². The molecule has 1 aromatic heterocycles. The van der Waals surface area contributed by atoms with Crippen molar-refractivity contribution in [2.24, 2.45) is 0 Å². The lowest BCUT2D eigenvalue weighted by Crippen LogP contribution is -2.26. The van der Waals surface area contributed by atoms with Gasteiger partial charge in [0.2, 0.25) is 0 Å². The van der Waals surface area contributed by atoms with Crippen LogP contribution in [0.25, 0.3) is 5.69 Å². The maximum absolute atomic E-state index is 12.5. The Labute approximate surface area is 160 Å². The van der Waals surface area contributed by atoms with Gasteiger partial charge < -0.3 is 14.6 Å². The highest BCUT2D eigenvalue weighted by molar-refractivity contribution is 5.94. The van der Waals surface area contributed by atoms with Gasteiger partial charge in [-0.25, -0.2) is 4.98 Å². The Morgan fingerprint density at radius 1 is 1.15 bits per heavy atom. The third kappa shape index (κ3) is 4.97. The second-order valence-corrected chi connectivity index (χ2v) is 6.48. The van der Waals surface area contributed by atoms with E-state index in [9.17, 15) is 4.79 Å². The zero-order valence-electron chi connectivity index (χ0n) is 15.8.